The van der Waals surface area contributed by atoms with E-state index in [0.29, 0.717) is 0 Å². The Hall–Kier alpha value is -1.40. The average molecular weight is 281 g/mol. The monoisotopic (exact) mass is 281 g/mol. The fourth-order valence-electron chi connectivity index (χ4n) is 3.33. The molecule has 0 aromatic heterocycles. The average Bonchev–Trinajstić information content (AvgIpc) is 3.13. The molecule has 0 radical (unpaired) electrons. The maximum atomic E-state index is 12.4. The van der Waals surface area contributed by atoms with Crippen LogP contribution >= 0.6 is 0 Å². The highest BCUT2D eigenvalue weighted by molar-refractivity contribution is 5.87. The van der Waals surface area contributed by atoms with Gasteiger partial charge in [-0.2, -0.15) is 0 Å². The smallest absolute Gasteiger partial charge is 0.310 e. The first-order valence-corrected chi connectivity index (χ1v) is 7.06. The van der Waals surface area contributed by atoms with Crippen LogP contribution in [-0.2, 0) is 19.1 Å². The predicted molar refractivity (Wildman–Crippen MR) is 69.0 cm³/mol. The van der Waals surface area contributed by atoms with Gasteiger partial charge in [0, 0.05) is 6.61 Å². The zero-order valence-corrected chi connectivity index (χ0v) is 11.3. The van der Waals surface area contributed by atoms with E-state index in [1.807, 2.05) is 6.92 Å². The van der Waals surface area contributed by atoms with Crippen LogP contribution in [0.2, 0.25) is 0 Å². The van der Waals surface area contributed by atoms with Crippen LogP contribution in [0.4, 0.5) is 0 Å². The highest BCUT2D eigenvalue weighted by Gasteiger charge is 2.53. The van der Waals surface area contributed by atoms with Crippen molar-refractivity contribution in [2.75, 3.05) is 6.61 Å². The molecule has 3 rings (SSSR count). The van der Waals surface area contributed by atoms with E-state index in [1.54, 1.807) is 12.2 Å². The van der Waals surface area contributed by atoms with Gasteiger partial charge in [0.25, 0.3) is 0 Å². The van der Waals surface area contributed by atoms with Crippen molar-refractivity contribution in [2.24, 2.45) is 11.8 Å². The summed E-state index contributed by atoms with van der Waals surface area (Å²) in [5.74, 6) is -2.67. The van der Waals surface area contributed by atoms with E-state index in [-0.39, 0.29) is 18.1 Å². The number of fused-ring (bicyclic) bond motifs is 2. The quantitative estimate of drug-likeness (QED) is 0.725. The molecule has 3 aliphatic heterocycles. The third-order valence-electron chi connectivity index (χ3n) is 4.38. The predicted octanol–water partition coefficient (Wildman–Crippen LogP) is 0.324. The maximum Gasteiger partial charge on any atom is 0.310 e. The molecule has 0 spiro atoms. The van der Waals surface area contributed by atoms with E-state index in [1.165, 1.54) is 0 Å². The van der Waals surface area contributed by atoms with E-state index in [2.05, 4.69) is 5.32 Å². The number of carboxylic acids is 1. The van der Waals surface area contributed by atoms with Gasteiger partial charge in [-0.25, -0.2) is 0 Å². The van der Waals surface area contributed by atoms with Gasteiger partial charge in [-0.05, 0) is 19.8 Å². The summed E-state index contributed by atoms with van der Waals surface area (Å²) in [7, 11) is 0. The number of hydrogen-bond donors (Lipinski definition) is 2. The third kappa shape index (κ3) is 2.23. The summed E-state index contributed by atoms with van der Waals surface area (Å²) >= 11 is 0. The van der Waals surface area contributed by atoms with Gasteiger partial charge in [0.1, 0.15) is 5.92 Å². The molecular weight excluding hydrogens is 262 g/mol. The summed E-state index contributed by atoms with van der Waals surface area (Å²) in [6.07, 6.45) is 4.57. The Morgan fingerprint density at radius 1 is 1.30 bits per heavy atom. The van der Waals surface area contributed by atoms with Crippen LogP contribution in [0, 0.1) is 11.8 Å². The lowest BCUT2D eigenvalue weighted by atomic mass is 9.82. The Morgan fingerprint density at radius 2 is 2.00 bits per heavy atom. The van der Waals surface area contributed by atoms with Crippen LogP contribution in [0.5, 0.6) is 0 Å². The first-order chi connectivity index (χ1) is 9.58. The number of carboxylic acid groups (broad SMARTS) is 1. The van der Waals surface area contributed by atoms with E-state index < -0.39 is 30.0 Å². The molecule has 6 nitrogen and oxygen atoms in total. The lowest BCUT2D eigenvalue weighted by Gasteiger charge is -2.25. The summed E-state index contributed by atoms with van der Waals surface area (Å²) in [6.45, 7) is 2.62. The molecule has 0 unspecified atom stereocenters. The largest absolute Gasteiger partial charge is 0.481 e. The van der Waals surface area contributed by atoms with Crippen LogP contribution in [0.25, 0.3) is 0 Å². The molecule has 0 saturated carbocycles. The van der Waals surface area contributed by atoms with Crippen LogP contribution < -0.4 is 5.32 Å². The molecule has 110 valence electrons. The Bertz CT molecular complexity index is 443. The second-order valence-electron chi connectivity index (χ2n) is 5.69. The Labute approximate surface area is 117 Å². The Balaban J connectivity index is 1.67. The molecule has 3 aliphatic rings. The number of aliphatic carboxylic acids is 1. The summed E-state index contributed by atoms with van der Waals surface area (Å²) in [4.78, 5) is 23.7. The van der Waals surface area contributed by atoms with Gasteiger partial charge in [0.15, 0.2) is 0 Å². The molecule has 0 aromatic rings. The van der Waals surface area contributed by atoms with Gasteiger partial charge < -0.3 is 19.9 Å². The molecule has 6 atom stereocenters. The van der Waals surface area contributed by atoms with E-state index in [0.717, 1.165) is 19.4 Å². The molecule has 6 heteroatoms. The van der Waals surface area contributed by atoms with E-state index >= 15 is 0 Å². The number of hydrogen-bond acceptors (Lipinski definition) is 4. The van der Waals surface area contributed by atoms with Crippen LogP contribution in [0.1, 0.15) is 19.8 Å². The van der Waals surface area contributed by atoms with Gasteiger partial charge in [-0.15, -0.1) is 0 Å². The summed E-state index contributed by atoms with van der Waals surface area (Å²) in [5.41, 5.74) is 0. The topological polar surface area (TPSA) is 84.9 Å². The highest BCUT2D eigenvalue weighted by atomic mass is 16.5. The van der Waals surface area contributed by atoms with Crippen molar-refractivity contribution in [3.05, 3.63) is 12.2 Å². The van der Waals surface area contributed by atoms with Crippen LogP contribution in [-0.4, -0.2) is 47.9 Å². The van der Waals surface area contributed by atoms with Crippen molar-refractivity contribution in [1.82, 2.24) is 5.32 Å². The zero-order valence-electron chi connectivity index (χ0n) is 11.3. The Morgan fingerprint density at radius 3 is 2.60 bits per heavy atom. The second kappa shape index (κ2) is 5.18. The lowest BCUT2D eigenvalue weighted by molar-refractivity contribution is -0.147. The first-order valence-electron chi connectivity index (χ1n) is 7.06. The van der Waals surface area contributed by atoms with E-state index in [9.17, 15) is 14.7 Å². The van der Waals surface area contributed by atoms with Crippen molar-refractivity contribution in [2.45, 2.75) is 44.1 Å². The molecule has 2 saturated heterocycles. The van der Waals surface area contributed by atoms with E-state index in [4.69, 9.17) is 9.47 Å². The molecule has 0 aromatic carbocycles. The molecule has 2 N–H and O–H groups in total. The molecule has 3 heterocycles. The lowest BCUT2D eigenvalue weighted by Crippen LogP contribution is -2.48. The minimum atomic E-state index is -0.980. The van der Waals surface area contributed by atoms with Crippen LogP contribution in [0.3, 0.4) is 0 Å². The van der Waals surface area contributed by atoms with Crippen LogP contribution in [0.15, 0.2) is 12.2 Å². The van der Waals surface area contributed by atoms with Crippen molar-refractivity contribution >= 4 is 11.9 Å². The maximum absolute atomic E-state index is 12.4. The summed E-state index contributed by atoms with van der Waals surface area (Å²) in [5, 5.41) is 12.2. The van der Waals surface area contributed by atoms with Gasteiger partial charge in [-0.3, -0.25) is 9.59 Å². The zero-order chi connectivity index (χ0) is 14.3. The molecule has 20 heavy (non-hydrogen) atoms. The van der Waals surface area contributed by atoms with Crippen molar-refractivity contribution in [3.63, 3.8) is 0 Å². The number of carbonyl (C=O) groups excluding carboxylic acids is 1. The van der Waals surface area contributed by atoms with Gasteiger partial charge in [-0.1, -0.05) is 12.2 Å². The summed E-state index contributed by atoms with van der Waals surface area (Å²) < 4.78 is 11.0. The minimum Gasteiger partial charge on any atom is -0.481 e. The minimum absolute atomic E-state index is 0.0253. The fraction of sp³-hybridized carbons (Fsp3) is 0.714. The van der Waals surface area contributed by atoms with Crippen molar-refractivity contribution in [3.8, 4) is 0 Å². The SMILES string of the molecule is C[C@@H](NC(=O)[C@H]1[C@@H](C(=O)O)[C@@H]2C=C[C@@H]1O2)[C@H]1CCCO1. The molecule has 0 aliphatic carbocycles. The van der Waals surface area contributed by atoms with Gasteiger partial charge in [0.2, 0.25) is 5.91 Å². The number of nitrogens with one attached hydrogen (secondary N) is 1. The summed E-state index contributed by atoms with van der Waals surface area (Å²) in [6, 6.07) is -0.109. The first kappa shape index (κ1) is 13.6. The third-order valence-corrected chi connectivity index (χ3v) is 4.38. The Kier molecular flexibility index (Phi) is 3.52. The van der Waals surface area contributed by atoms with Gasteiger partial charge in [0.05, 0.1) is 30.3 Å². The second-order valence-corrected chi connectivity index (χ2v) is 5.69. The number of rotatable bonds is 4. The molecule has 2 fully saturated rings. The number of carbonyl (C=O) groups is 2. The number of ether oxygens (including phenoxy) is 2. The number of amides is 1. The van der Waals surface area contributed by atoms with Crippen molar-refractivity contribution < 1.29 is 24.2 Å². The standard InChI is InChI=1S/C14H19NO5/c1-7(8-3-2-6-19-8)15-13(16)11-9-4-5-10(20-9)12(11)14(17)18/h4-5,7-12H,2-3,6H2,1H3,(H,15,16)(H,17,18)/t7-,8-,9+,10+,11-,12+/m1/s1. The molecular formula is C14H19NO5. The van der Waals surface area contributed by atoms with Gasteiger partial charge >= 0.3 is 5.97 Å². The molecule has 1 amide bonds. The molecule has 2 bridgehead atoms. The fourth-order valence-corrected chi connectivity index (χ4v) is 3.33. The van der Waals surface area contributed by atoms with Crippen molar-refractivity contribution in [1.29, 1.82) is 0 Å². The normalized spacial score (nSPS) is 40.0. The highest BCUT2D eigenvalue weighted by Crippen LogP contribution is 2.39.